The van der Waals surface area contributed by atoms with Crippen LogP contribution in [0, 0.1) is 3.57 Å². The van der Waals surface area contributed by atoms with Crippen molar-refractivity contribution in [3.8, 4) is 100 Å². The molecule has 1 aliphatic rings. The van der Waals surface area contributed by atoms with E-state index in [0.717, 1.165) is 96.8 Å². The van der Waals surface area contributed by atoms with Crippen molar-refractivity contribution in [3.05, 3.63) is 543 Å². The maximum absolute atomic E-state index is 12.9. The van der Waals surface area contributed by atoms with Crippen molar-refractivity contribution in [1.29, 1.82) is 0 Å². The van der Waals surface area contributed by atoms with Gasteiger partial charge in [0, 0.05) is 93.0 Å². The summed E-state index contributed by atoms with van der Waals surface area (Å²) >= 11 is 16.3. The zero-order valence-electron chi connectivity index (χ0n) is 82.7. The van der Waals surface area contributed by atoms with Crippen molar-refractivity contribution >= 4 is 213 Å². The zero-order chi connectivity index (χ0) is 103. The van der Waals surface area contributed by atoms with E-state index in [2.05, 4.69) is 544 Å². The predicted octanol–water partition coefficient (Wildman–Crippen LogP) is 39.1. The number of nitrogens with two attached hydrogens (primary N) is 1. The van der Waals surface area contributed by atoms with E-state index in [4.69, 9.17) is 25.0 Å². The second-order valence-corrected chi connectivity index (χ2v) is 42.5. The molecule has 0 saturated carbocycles. The fraction of sp³-hybridized carbons (Fsp3) is 0.0438. The number of carbonyl (C=O) groups excluding carboxylic acids is 1. The van der Waals surface area contributed by atoms with E-state index < -0.39 is 0 Å². The lowest BCUT2D eigenvalue weighted by Gasteiger charge is -2.32. The number of benzene rings is 23. The number of fused-ring (bicyclic) bond motifs is 11. The van der Waals surface area contributed by atoms with Crippen LogP contribution in [0.3, 0.4) is 0 Å². The van der Waals surface area contributed by atoms with Crippen LogP contribution in [0.15, 0.2) is 534 Å². The van der Waals surface area contributed by atoms with Gasteiger partial charge in [0.2, 0.25) is 0 Å². The Labute approximate surface area is 921 Å². The molecule has 1 fully saturated rings. The first-order valence-electron chi connectivity index (χ1n) is 49.9. The first-order chi connectivity index (χ1) is 73.3. The van der Waals surface area contributed by atoms with E-state index in [0.29, 0.717) is 5.56 Å². The van der Waals surface area contributed by atoms with Gasteiger partial charge in [-0.3, -0.25) is 4.79 Å². The molecule has 0 unspecified atom stereocenters. The molecule has 0 radical (unpaired) electrons. The van der Waals surface area contributed by atoms with Crippen molar-refractivity contribution in [2.45, 2.75) is 38.9 Å². The molecule has 1 saturated heterocycles. The highest BCUT2D eigenvalue weighted by atomic mass is 127. The average Bonchev–Trinajstić information content (AvgIpc) is 1.57. The Morgan fingerprint density at radius 2 is 0.547 bits per heavy atom. The van der Waals surface area contributed by atoms with E-state index in [1.807, 2.05) is 91.0 Å². The van der Waals surface area contributed by atoms with Crippen LogP contribution in [0.1, 0.15) is 38.1 Å². The van der Waals surface area contributed by atoms with Crippen LogP contribution in [-0.4, -0.2) is 34.2 Å². The van der Waals surface area contributed by atoms with Crippen molar-refractivity contribution in [1.82, 2.24) is 9.97 Å². The lowest BCUT2D eigenvalue weighted by Crippen LogP contribution is -2.41. The number of amides is 1. The number of nitrogens with one attached hydrogen (secondary N) is 1. The molecular weight excluding hydrogens is 2210 g/mol. The predicted molar refractivity (Wildman–Crippen MR) is 659 cm³/mol. The number of pyridine rings is 2. The fourth-order valence-corrected chi connectivity index (χ4v) is 21.7. The molecule has 0 atom stereocenters. The Morgan fingerprint density at radius 1 is 0.267 bits per heavy atom. The normalized spacial score (nSPS) is 12.3. The number of nitrogen functional groups attached to an aromatic ring is 1. The molecule has 23 aromatic carbocycles. The third-order valence-corrected chi connectivity index (χ3v) is 32.2. The summed E-state index contributed by atoms with van der Waals surface area (Å²) in [6.07, 6.45) is 0. The molecule has 13 heteroatoms. The number of aromatic nitrogens is 2. The molecule has 3 N–H and O–H groups in total. The van der Waals surface area contributed by atoms with Crippen LogP contribution in [0.4, 0.5) is 11.4 Å². The summed E-state index contributed by atoms with van der Waals surface area (Å²) in [6, 6.07) is 179. The zero-order valence-corrected chi connectivity index (χ0v) is 91.2. The molecule has 3 heterocycles. The summed E-state index contributed by atoms with van der Waals surface area (Å²) in [4.78, 5) is 23.2. The monoisotopic (exact) mass is 2300 g/mol. The topological polar surface area (TPSA) is 99.4 Å². The van der Waals surface area contributed by atoms with Crippen LogP contribution >= 0.6 is 86.3 Å². The van der Waals surface area contributed by atoms with Gasteiger partial charge in [0.1, 0.15) is 0 Å². The molecule has 0 spiro atoms. The SMILES string of the molecule is Brc1ccc(-c2nc3ccccc3c3c(-c4cccc5ccccc45)cccc23)cc1.Brc1ccccc1-c1cccc2ccccc12.Brc1ccccc1I.CC1(C)OB(c2ccc(-c3nc4ccccc4c4c(-c5cccc6ccccc56)cccc34)cc2)OC1(C)C.Nc1ccccc1-c1ccccc1-c1cccc2ccccc12.O=C(Nc1ccccc1-c1ccccc1-c1cccc2ccccc12)c1ccc(Br)cc1. The number of anilines is 2. The lowest BCUT2D eigenvalue weighted by molar-refractivity contribution is 0.00578. The van der Waals surface area contributed by atoms with Crippen molar-refractivity contribution in [2.24, 2.45) is 0 Å². The highest BCUT2D eigenvalue weighted by Gasteiger charge is 2.52. The Hall–Kier alpha value is -15.4. The molecule has 1 aliphatic heterocycles. The smallest absolute Gasteiger partial charge is 0.399 e. The molecule has 150 heavy (non-hydrogen) atoms. The minimum absolute atomic E-state index is 0.132. The second-order valence-electron chi connectivity index (χ2n) is 37.8. The quantitative estimate of drug-likeness (QED) is 0.0547. The summed E-state index contributed by atoms with van der Waals surface area (Å²) in [6.45, 7) is 8.33. The van der Waals surface area contributed by atoms with Crippen molar-refractivity contribution in [2.75, 3.05) is 11.1 Å². The third kappa shape index (κ3) is 21.5. The number of carbonyl (C=O) groups is 1. The van der Waals surface area contributed by atoms with Gasteiger partial charge in [0.25, 0.3) is 5.91 Å². The molecule has 2 aromatic heterocycles. The third-order valence-electron chi connectivity index (χ3n) is 28.1. The van der Waals surface area contributed by atoms with Crippen LogP contribution < -0.4 is 16.5 Å². The largest absolute Gasteiger partial charge is 0.494 e. The maximum Gasteiger partial charge on any atom is 0.494 e. The van der Waals surface area contributed by atoms with Crippen LogP contribution in [0.25, 0.3) is 198 Å². The van der Waals surface area contributed by atoms with Gasteiger partial charge in [0.05, 0.1) is 33.6 Å². The highest BCUT2D eigenvalue weighted by molar-refractivity contribution is 14.1. The molecule has 0 aliphatic carbocycles. The van der Waals surface area contributed by atoms with Gasteiger partial charge < -0.3 is 20.4 Å². The lowest BCUT2D eigenvalue weighted by atomic mass is 9.78. The summed E-state index contributed by atoms with van der Waals surface area (Å²) in [5.74, 6) is -0.132. The van der Waals surface area contributed by atoms with Crippen molar-refractivity contribution < 1.29 is 14.1 Å². The highest BCUT2D eigenvalue weighted by Crippen LogP contribution is 2.48. The Bertz CT molecular complexity index is 9270. The second kappa shape index (κ2) is 45.4. The first kappa shape index (κ1) is 101. The number of hydrogen-bond acceptors (Lipinski definition) is 6. The Balaban J connectivity index is 0.000000109. The van der Waals surface area contributed by atoms with Crippen LogP contribution in [-0.2, 0) is 9.31 Å². The average molecular weight is 2310 g/mol. The first-order valence-corrected chi connectivity index (χ1v) is 54.2. The maximum atomic E-state index is 12.9. The van der Waals surface area contributed by atoms with Crippen LogP contribution in [0.5, 0.6) is 0 Å². The summed E-state index contributed by atoms with van der Waals surface area (Å²) < 4.78 is 18.1. The number of hydrogen-bond donors (Lipinski definition) is 2. The number of nitrogens with zero attached hydrogens (tertiary/aromatic N) is 2. The standard InChI is InChI=1S/C35H30BNO2.C29H20BrNO.C29H18BrN.C22H17N.C16H11Br.C6H4BrI/c1-34(2)35(3,4)39-36(38-34)25-21-19-24(20-22-25)33-30-17-10-16-28(32(30)29-14-7-8-18-31(29)37-33)27-15-9-12-23-11-5-6-13-26(23)27;30-22-18-16-21(17-19-22)29(32)31-28-15-6-5-13-27(28)26-12-4-3-11-25(26)24-14-7-9-20-8-1-2-10-23(20)24;30-21-17-15-20(16-18-21)29-26-13-6-12-24(28(26)25-10-3-4-14-27(25)31-29)23-11-5-8-19-7-1-2-9-22(19)23;23-22-15-6-5-13-21(22)20-12-4-3-11-19(20)18-14-7-9-16-8-1-2-10-17(16)18;17-16-11-4-3-9-15(16)14-10-5-7-12-6-1-2-8-13(12)14;7-5-3-1-2-4-6(5)8/h5-22H,1-4H3;1-19H,(H,31,32);1-18H;1-15H,23H2;1-11H;1-4H. The van der Waals surface area contributed by atoms with Crippen molar-refractivity contribution in [3.63, 3.8) is 0 Å². The fourth-order valence-electron chi connectivity index (χ4n) is 20.0. The molecular formula is C137H100BBr4IN4O3. The molecule has 724 valence electrons. The molecule has 26 rings (SSSR count). The molecule has 25 aromatic rings. The van der Waals surface area contributed by atoms with Crippen LogP contribution in [0.2, 0.25) is 0 Å². The van der Waals surface area contributed by atoms with Gasteiger partial charge in [-0.2, -0.15) is 0 Å². The minimum Gasteiger partial charge on any atom is -0.399 e. The van der Waals surface area contributed by atoms with E-state index in [1.54, 1.807) is 0 Å². The number of halogens is 5. The van der Waals surface area contributed by atoms with E-state index in [-0.39, 0.29) is 24.2 Å². The molecule has 1 amide bonds. The minimum atomic E-state index is -0.386. The summed E-state index contributed by atoms with van der Waals surface area (Å²) in [7, 11) is -0.386. The van der Waals surface area contributed by atoms with E-state index in [9.17, 15) is 4.79 Å². The Morgan fingerprint density at radius 3 is 0.947 bits per heavy atom. The van der Waals surface area contributed by atoms with Gasteiger partial charge in [-0.25, -0.2) is 9.97 Å². The van der Waals surface area contributed by atoms with E-state index in [1.165, 1.54) is 139 Å². The van der Waals surface area contributed by atoms with Gasteiger partial charge in [-0.15, -0.1) is 0 Å². The van der Waals surface area contributed by atoms with Gasteiger partial charge in [0.15, 0.2) is 0 Å². The van der Waals surface area contributed by atoms with Gasteiger partial charge >= 0.3 is 7.12 Å². The van der Waals surface area contributed by atoms with E-state index >= 15 is 0 Å². The molecule has 0 bridgehead atoms. The summed E-state index contributed by atoms with van der Waals surface area (Å²) in [5, 5.41) is 22.7. The Kier molecular flexibility index (Phi) is 30.4. The summed E-state index contributed by atoms with van der Waals surface area (Å²) in [5.41, 5.74) is 31.4. The van der Waals surface area contributed by atoms with Gasteiger partial charge in [-0.05, 0) is 271 Å². The number of para-hydroxylation sites is 4. The van der Waals surface area contributed by atoms with Gasteiger partial charge in [-0.1, -0.05) is 485 Å². The molecule has 7 nitrogen and oxygen atoms in total. The number of rotatable bonds is 12.